The molecular formula is C11H12N2O2. The third kappa shape index (κ3) is 1.98. The molecule has 0 aliphatic rings. The Bertz CT molecular complexity index is 502. The van der Waals surface area contributed by atoms with E-state index < -0.39 is 0 Å². The van der Waals surface area contributed by atoms with Gasteiger partial charge in [-0.1, -0.05) is 13.0 Å². The number of aryl methyl sites for hydroxylation is 1. The smallest absolute Gasteiger partial charge is 0.302 e. The number of anilines is 1. The number of nitrogens with zero attached hydrogens (tertiary/aromatic N) is 1. The van der Waals surface area contributed by atoms with Crippen LogP contribution in [0.2, 0.25) is 0 Å². The third-order valence-corrected chi connectivity index (χ3v) is 2.14. The van der Waals surface area contributed by atoms with Gasteiger partial charge in [-0.05, 0) is 24.1 Å². The van der Waals surface area contributed by atoms with Gasteiger partial charge in [-0.3, -0.25) is 10.1 Å². The maximum absolute atomic E-state index is 10.8. The Hall–Kier alpha value is -1.84. The van der Waals surface area contributed by atoms with Gasteiger partial charge in [0.1, 0.15) is 5.52 Å². The van der Waals surface area contributed by atoms with Crippen molar-refractivity contribution in [2.45, 2.75) is 20.3 Å². The number of amides is 1. The molecule has 0 aliphatic carbocycles. The Labute approximate surface area is 87.3 Å². The highest BCUT2D eigenvalue weighted by molar-refractivity contribution is 5.88. The van der Waals surface area contributed by atoms with E-state index >= 15 is 0 Å². The summed E-state index contributed by atoms with van der Waals surface area (Å²) in [4.78, 5) is 14.9. The number of hydrogen-bond acceptors (Lipinski definition) is 3. The molecule has 1 amide bonds. The second-order valence-electron chi connectivity index (χ2n) is 3.36. The van der Waals surface area contributed by atoms with E-state index in [2.05, 4.69) is 17.2 Å². The summed E-state index contributed by atoms with van der Waals surface area (Å²) in [6.07, 6.45) is 0.951. The summed E-state index contributed by atoms with van der Waals surface area (Å²) < 4.78 is 5.38. The summed E-state index contributed by atoms with van der Waals surface area (Å²) in [7, 11) is 0. The van der Waals surface area contributed by atoms with E-state index in [4.69, 9.17) is 4.42 Å². The van der Waals surface area contributed by atoms with Gasteiger partial charge in [0.25, 0.3) is 0 Å². The zero-order valence-corrected chi connectivity index (χ0v) is 8.70. The molecule has 0 fully saturated rings. The second kappa shape index (κ2) is 3.73. The van der Waals surface area contributed by atoms with Crippen LogP contribution in [0.25, 0.3) is 11.1 Å². The molecule has 0 radical (unpaired) electrons. The minimum absolute atomic E-state index is 0.183. The van der Waals surface area contributed by atoms with Gasteiger partial charge in [-0.25, -0.2) is 0 Å². The van der Waals surface area contributed by atoms with Gasteiger partial charge in [0.2, 0.25) is 5.91 Å². The lowest BCUT2D eigenvalue weighted by atomic mass is 10.2. The van der Waals surface area contributed by atoms with Gasteiger partial charge in [0.05, 0.1) is 0 Å². The van der Waals surface area contributed by atoms with Gasteiger partial charge in [-0.15, -0.1) is 0 Å². The minimum Gasteiger partial charge on any atom is -0.423 e. The van der Waals surface area contributed by atoms with Crippen LogP contribution in [-0.4, -0.2) is 10.9 Å². The second-order valence-corrected chi connectivity index (χ2v) is 3.36. The highest BCUT2D eigenvalue weighted by atomic mass is 16.4. The average molecular weight is 204 g/mol. The predicted octanol–water partition coefficient (Wildman–Crippen LogP) is 2.35. The van der Waals surface area contributed by atoms with Gasteiger partial charge < -0.3 is 4.42 Å². The van der Waals surface area contributed by atoms with E-state index in [1.54, 1.807) is 0 Å². The monoisotopic (exact) mass is 204 g/mol. The van der Waals surface area contributed by atoms with Crippen molar-refractivity contribution in [1.82, 2.24) is 4.98 Å². The molecule has 1 N–H and O–H groups in total. The quantitative estimate of drug-likeness (QED) is 0.816. The summed E-state index contributed by atoms with van der Waals surface area (Å²) in [6, 6.07) is 6.09. The molecule has 15 heavy (non-hydrogen) atoms. The molecule has 0 spiro atoms. The van der Waals surface area contributed by atoms with Crippen LogP contribution in [0.5, 0.6) is 0 Å². The van der Waals surface area contributed by atoms with E-state index in [9.17, 15) is 4.79 Å². The normalized spacial score (nSPS) is 10.5. The van der Waals surface area contributed by atoms with Crippen molar-refractivity contribution in [3.63, 3.8) is 0 Å². The van der Waals surface area contributed by atoms with Crippen LogP contribution in [0, 0.1) is 0 Å². The molecule has 4 heteroatoms. The first-order chi connectivity index (χ1) is 7.19. The summed E-state index contributed by atoms with van der Waals surface area (Å²) in [5.41, 5.74) is 2.65. The molecule has 78 valence electrons. The summed E-state index contributed by atoms with van der Waals surface area (Å²) in [5.74, 6) is -0.183. The van der Waals surface area contributed by atoms with E-state index in [0.29, 0.717) is 5.58 Å². The van der Waals surface area contributed by atoms with Gasteiger partial charge in [0.15, 0.2) is 5.58 Å². The molecule has 0 aliphatic heterocycles. The largest absolute Gasteiger partial charge is 0.423 e. The van der Waals surface area contributed by atoms with E-state index in [-0.39, 0.29) is 11.9 Å². The lowest BCUT2D eigenvalue weighted by Gasteiger charge is -1.93. The van der Waals surface area contributed by atoms with E-state index in [1.807, 2.05) is 18.2 Å². The molecule has 2 aromatic rings. The van der Waals surface area contributed by atoms with Crippen LogP contribution in [0.3, 0.4) is 0 Å². The Morgan fingerprint density at radius 1 is 1.53 bits per heavy atom. The number of rotatable bonds is 2. The standard InChI is InChI=1S/C11H12N2O2/c1-3-8-4-5-9-10(6-8)15-11(13-9)12-7(2)14/h4-6H,3H2,1-2H3,(H,12,13,14). The molecule has 0 saturated carbocycles. The van der Waals surface area contributed by atoms with E-state index in [0.717, 1.165) is 11.9 Å². The Morgan fingerprint density at radius 3 is 3.00 bits per heavy atom. The Kier molecular flexibility index (Phi) is 2.41. The lowest BCUT2D eigenvalue weighted by molar-refractivity contribution is -0.114. The first-order valence-electron chi connectivity index (χ1n) is 4.86. The minimum atomic E-state index is -0.183. The first-order valence-corrected chi connectivity index (χ1v) is 4.86. The molecule has 1 heterocycles. The van der Waals surface area contributed by atoms with Gasteiger partial charge in [-0.2, -0.15) is 4.98 Å². The summed E-state index contributed by atoms with van der Waals surface area (Å²) in [5, 5.41) is 2.51. The molecule has 2 rings (SSSR count). The van der Waals surface area contributed by atoms with Crippen LogP contribution in [0.4, 0.5) is 6.01 Å². The fourth-order valence-corrected chi connectivity index (χ4v) is 1.39. The number of nitrogens with one attached hydrogen (secondary N) is 1. The molecule has 0 saturated heterocycles. The van der Waals surface area contributed by atoms with Crippen molar-refractivity contribution in [3.8, 4) is 0 Å². The van der Waals surface area contributed by atoms with Crippen molar-refractivity contribution in [3.05, 3.63) is 23.8 Å². The molecule has 1 aromatic carbocycles. The average Bonchev–Trinajstić information content (AvgIpc) is 2.57. The molecule has 1 aromatic heterocycles. The first kappa shape index (κ1) is 9.71. The highest BCUT2D eigenvalue weighted by Crippen LogP contribution is 2.20. The number of benzene rings is 1. The summed E-state index contributed by atoms with van der Waals surface area (Å²) >= 11 is 0. The number of oxazole rings is 1. The fraction of sp³-hybridized carbons (Fsp3) is 0.273. The van der Waals surface area contributed by atoms with Crippen LogP contribution < -0.4 is 5.32 Å². The SMILES string of the molecule is CCc1ccc2nc(NC(C)=O)oc2c1. The third-order valence-electron chi connectivity index (χ3n) is 2.14. The number of carbonyl (C=O) groups is 1. The molecule has 0 bridgehead atoms. The van der Waals surface area contributed by atoms with Crippen LogP contribution in [0.1, 0.15) is 19.4 Å². The molecular weight excluding hydrogens is 192 g/mol. The fourth-order valence-electron chi connectivity index (χ4n) is 1.39. The van der Waals surface area contributed by atoms with Crippen molar-refractivity contribution in [1.29, 1.82) is 0 Å². The Morgan fingerprint density at radius 2 is 2.33 bits per heavy atom. The number of hydrogen-bond donors (Lipinski definition) is 1. The van der Waals surface area contributed by atoms with Crippen LogP contribution in [0.15, 0.2) is 22.6 Å². The summed E-state index contributed by atoms with van der Waals surface area (Å²) in [6.45, 7) is 3.50. The predicted molar refractivity (Wildman–Crippen MR) is 57.7 cm³/mol. The number of aromatic nitrogens is 1. The molecule has 0 atom stereocenters. The topological polar surface area (TPSA) is 55.1 Å². The van der Waals surface area contributed by atoms with Crippen molar-refractivity contribution in [2.75, 3.05) is 5.32 Å². The number of carbonyl (C=O) groups excluding carboxylic acids is 1. The zero-order valence-electron chi connectivity index (χ0n) is 8.70. The maximum Gasteiger partial charge on any atom is 0.302 e. The van der Waals surface area contributed by atoms with E-state index in [1.165, 1.54) is 12.5 Å². The van der Waals surface area contributed by atoms with Crippen molar-refractivity contribution >= 4 is 23.0 Å². The van der Waals surface area contributed by atoms with Crippen molar-refractivity contribution in [2.24, 2.45) is 0 Å². The van der Waals surface area contributed by atoms with Crippen LogP contribution >= 0.6 is 0 Å². The van der Waals surface area contributed by atoms with Gasteiger partial charge in [0, 0.05) is 6.92 Å². The molecule has 4 nitrogen and oxygen atoms in total. The molecule has 0 unspecified atom stereocenters. The van der Waals surface area contributed by atoms with Gasteiger partial charge >= 0.3 is 6.01 Å². The van der Waals surface area contributed by atoms with Crippen molar-refractivity contribution < 1.29 is 9.21 Å². The van der Waals surface area contributed by atoms with Crippen LogP contribution in [-0.2, 0) is 11.2 Å². The lowest BCUT2D eigenvalue weighted by Crippen LogP contribution is -2.05. The number of fused-ring (bicyclic) bond motifs is 1. The Balaban J connectivity index is 2.42. The highest BCUT2D eigenvalue weighted by Gasteiger charge is 2.06. The maximum atomic E-state index is 10.8. The zero-order chi connectivity index (χ0) is 10.8.